The maximum absolute atomic E-state index is 13.2. The second kappa shape index (κ2) is 7.05. The highest BCUT2D eigenvalue weighted by molar-refractivity contribution is 5.95. The lowest BCUT2D eigenvalue weighted by atomic mass is 10.0. The number of hydrogen-bond acceptors (Lipinski definition) is 5. The lowest BCUT2D eigenvalue weighted by Gasteiger charge is -2.36. The zero-order valence-corrected chi connectivity index (χ0v) is 14.5. The van der Waals surface area contributed by atoms with Crippen molar-refractivity contribution in [3.8, 4) is 5.69 Å². The van der Waals surface area contributed by atoms with E-state index in [0.717, 1.165) is 29.9 Å². The Morgan fingerprint density at radius 1 is 1.27 bits per heavy atom. The zero-order chi connectivity index (χ0) is 17.9. The van der Waals surface area contributed by atoms with Gasteiger partial charge in [0.2, 0.25) is 0 Å². The number of aromatic nitrogens is 4. The maximum atomic E-state index is 13.2. The molecule has 1 amide bonds. The fourth-order valence-electron chi connectivity index (χ4n) is 3.36. The summed E-state index contributed by atoms with van der Waals surface area (Å²) >= 11 is 0. The Morgan fingerprint density at radius 2 is 2.19 bits per heavy atom. The minimum atomic E-state index is -0.0137. The molecule has 4 rings (SSSR count). The number of aryl methyl sites for hydroxylation is 1. The van der Waals surface area contributed by atoms with Crippen molar-refractivity contribution in [1.29, 1.82) is 0 Å². The number of carbonyl (C=O) groups is 1. The Morgan fingerprint density at radius 3 is 2.92 bits per heavy atom. The molecule has 1 aromatic carbocycles. The first kappa shape index (κ1) is 16.4. The summed E-state index contributed by atoms with van der Waals surface area (Å²) in [5.74, 6) is 0.0357. The first-order chi connectivity index (χ1) is 12.7. The van der Waals surface area contributed by atoms with Gasteiger partial charge in [-0.1, -0.05) is 6.07 Å². The van der Waals surface area contributed by atoms with Gasteiger partial charge in [-0.25, -0.2) is 9.67 Å². The highest BCUT2D eigenvalue weighted by Crippen LogP contribution is 2.24. The molecule has 1 unspecified atom stereocenters. The first-order valence-corrected chi connectivity index (χ1v) is 8.61. The minimum Gasteiger partial charge on any atom is -0.329 e. The van der Waals surface area contributed by atoms with Crippen molar-refractivity contribution in [3.63, 3.8) is 0 Å². The van der Waals surface area contributed by atoms with Gasteiger partial charge in [0.1, 0.15) is 12.7 Å². The fraction of sp³-hybridized carbons (Fsp3) is 0.263. The molecule has 7 heteroatoms. The molecule has 0 spiro atoms. The second-order valence-electron chi connectivity index (χ2n) is 6.35. The van der Waals surface area contributed by atoms with Crippen molar-refractivity contribution in [2.75, 3.05) is 19.6 Å². The molecular formula is C19H20N6O. The monoisotopic (exact) mass is 348 g/mol. The Bertz CT molecular complexity index is 894. The van der Waals surface area contributed by atoms with Crippen molar-refractivity contribution < 1.29 is 4.79 Å². The Balaban J connectivity index is 1.62. The quantitative estimate of drug-likeness (QED) is 0.780. The molecule has 0 bridgehead atoms. The third-order valence-corrected chi connectivity index (χ3v) is 4.68. The van der Waals surface area contributed by atoms with Crippen LogP contribution in [0, 0.1) is 6.92 Å². The topological polar surface area (TPSA) is 75.9 Å². The Hall–Kier alpha value is -3.06. The van der Waals surface area contributed by atoms with E-state index in [1.807, 2.05) is 48.4 Å². The van der Waals surface area contributed by atoms with E-state index in [1.54, 1.807) is 17.2 Å². The SMILES string of the molecule is Cc1cc(C(=O)N2CCNCC2c2cccnc2)ccc1-n1cncn1. The number of pyridine rings is 1. The molecule has 1 fully saturated rings. The number of nitrogens with one attached hydrogen (secondary N) is 1. The van der Waals surface area contributed by atoms with Crippen LogP contribution in [0.25, 0.3) is 5.69 Å². The summed E-state index contributed by atoms with van der Waals surface area (Å²) in [7, 11) is 0. The van der Waals surface area contributed by atoms with E-state index >= 15 is 0 Å². The molecule has 26 heavy (non-hydrogen) atoms. The molecule has 1 N–H and O–H groups in total. The smallest absolute Gasteiger partial charge is 0.254 e. The van der Waals surface area contributed by atoms with E-state index in [-0.39, 0.29) is 11.9 Å². The van der Waals surface area contributed by atoms with Gasteiger partial charge in [-0.3, -0.25) is 9.78 Å². The van der Waals surface area contributed by atoms with Crippen LogP contribution in [0.3, 0.4) is 0 Å². The number of piperazine rings is 1. The number of nitrogens with zero attached hydrogens (tertiary/aromatic N) is 5. The molecule has 132 valence electrons. The van der Waals surface area contributed by atoms with E-state index in [4.69, 9.17) is 0 Å². The highest BCUT2D eigenvalue weighted by atomic mass is 16.2. The average molecular weight is 348 g/mol. The van der Waals surface area contributed by atoms with Crippen LogP contribution in [0.15, 0.2) is 55.4 Å². The summed E-state index contributed by atoms with van der Waals surface area (Å²) in [6.07, 6.45) is 6.73. The summed E-state index contributed by atoms with van der Waals surface area (Å²) in [5.41, 5.74) is 3.63. The van der Waals surface area contributed by atoms with Gasteiger partial charge >= 0.3 is 0 Å². The van der Waals surface area contributed by atoms with Gasteiger partial charge in [-0.05, 0) is 42.3 Å². The summed E-state index contributed by atoms with van der Waals surface area (Å²) in [4.78, 5) is 23.3. The van der Waals surface area contributed by atoms with Crippen molar-refractivity contribution in [1.82, 2.24) is 30.0 Å². The molecule has 1 saturated heterocycles. The predicted molar refractivity (Wildman–Crippen MR) is 97.0 cm³/mol. The maximum Gasteiger partial charge on any atom is 0.254 e. The molecule has 2 aromatic heterocycles. The summed E-state index contributed by atoms with van der Waals surface area (Å²) < 4.78 is 1.70. The fourth-order valence-corrected chi connectivity index (χ4v) is 3.36. The van der Waals surface area contributed by atoms with Crippen molar-refractivity contribution >= 4 is 5.91 Å². The number of carbonyl (C=O) groups excluding carboxylic acids is 1. The molecule has 3 aromatic rings. The van der Waals surface area contributed by atoms with Gasteiger partial charge in [0.15, 0.2) is 0 Å². The summed E-state index contributed by atoms with van der Waals surface area (Å²) in [6, 6.07) is 9.60. The van der Waals surface area contributed by atoms with Crippen LogP contribution in [0.2, 0.25) is 0 Å². The van der Waals surface area contributed by atoms with Crippen LogP contribution in [-0.4, -0.2) is 50.2 Å². The molecular weight excluding hydrogens is 328 g/mol. The predicted octanol–water partition coefficient (Wildman–Crippen LogP) is 1.76. The number of amides is 1. The highest BCUT2D eigenvalue weighted by Gasteiger charge is 2.29. The average Bonchev–Trinajstić information content (AvgIpc) is 3.22. The minimum absolute atomic E-state index is 0.0137. The summed E-state index contributed by atoms with van der Waals surface area (Å²) in [5, 5.41) is 7.53. The summed E-state index contributed by atoms with van der Waals surface area (Å²) in [6.45, 7) is 4.17. The lowest BCUT2D eigenvalue weighted by molar-refractivity contribution is 0.0634. The number of benzene rings is 1. The Kier molecular flexibility index (Phi) is 4.45. The van der Waals surface area contributed by atoms with Gasteiger partial charge in [0.05, 0.1) is 11.7 Å². The van der Waals surface area contributed by atoms with Crippen LogP contribution < -0.4 is 5.32 Å². The van der Waals surface area contributed by atoms with Crippen LogP contribution in [0.1, 0.15) is 27.5 Å². The molecule has 0 radical (unpaired) electrons. The van der Waals surface area contributed by atoms with E-state index < -0.39 is 0 Å². The van der Waals surface area contributed by atoms with E-state index in [0.29, 0.717) is 12.1 Å². The number of hydrogen-bond donors (Lipinski definition) is 1. The molecule has 1 aliphatic rings. The van der Waals surface area contributed by atoms with E-state index in [2.05, 4.69) is 20.4 Å². The number of rotatable bonds is 3. The van der Waals surface area contributed by atoms with Crippen LogP contribution in [-0.2, 0) is 0 Å². The third-order valence-electron chi connectivity index (χ3n) is 4.68. The van der Waals surface area contributed by atoms with Gasteiger partial charge < -0.3 is 10.2 Å². The molecule has 0 saturated carbocycles. The van der Waals surface area contributed by atoms with E-state index in [9.17, 15) is 4.79 Å². The van der Waals surface area contributed by atoms with Crippen LogP contribution >= 0.6 is 0 Å². The van der Waals surface area contributed by atoms with Crippen molar-refractivity contribution in [2.24, 2.45) is 0 Å². The molecule has 0 aliphatic carbocycles. The van der Waals surface area contributed by atoms with Crippen molar-refractivity contribution in [2.45, 2.75) is 13.0 Å². The van der Waals surface area contributed by atoms with Crippen LogP contribution in [0.5, 0.6) is 0 Å². The van der Waals surface area contributed by atoms with Gasteiger partial charge in [0, 0.05) is 37.6 Å². The van der Waals surface area contributed by atoms with Gasteiger partial charge in [-0.2, -0.15) is 5.10 Å². The molecule has 1 aliphatic heterocycles. The lowest BCUT2D eigenvalue weighted by Crippen LogP contribution is -2.48. The first-order valence-electron chi connectivity index (χ1n) is 8.61. The molecule has 7 nitrogen and oxygen atoms in total. The normalized spacial score (nSPS) is 17.3. The standard InChI is InChI=1S/C19H20N6O/c1-14-9-15(4-5-17(14)25-13-22-12-23-25)19(26)24-8-7-21-11-18(24)16-3-2-6-20-10-16/h2-6,9-10,12-13,18,21H,7-8,11H2,1H3. The van der Waals surface area contributed by atoms with E-state index in [1.165, 1.54) is 6.33 Å². The zero-order valence-electron chi connectivity index (χ0n) is 14.5. The molecule has 1 atom stereocenters. The van der Waals surface area contributed by atoms with Crippen LogP contribution in [0.4, 0.5) is 0 Å². The van der Waals surface area contributed by atoms with Crippen molar-refractivity contribution in [3.05, 3.63) is 72.1 Å². The Labute approximate surface area is 151 Å². The second-order valence-corrected chi connectivity index (χ2v) is 6.35. The molecule has 3 heterocycles. The largest absolute Gasteiger partial charge is 0.329 e. The van der Waals surface area contributed by atoms with Gasteiger partial charge in [0.25, 0.3) is 5.91 Å². The van der Waals surface area contributed by atoms with Gasteiger partial charge in [-0.15, -0.1) is 0 Å². The third kappa shape index (κ3) is 3.09.